The molecule has 0 aliphatic carbocycles. The fourth-order valence-electron chi connectivity index (χ4n) is 1.55. The summed E-state index contributed by atoms with van der Waals surface area (Å²) in [6.45, 7) is 5.97. The monoisotopic (exact) mass is 224 g/mol. The van der Waals surface area contributed by atoms with E-state index >= 15 is 0 Å². The maximum absolute atomic E-state index is 9.18. The highest BCUT2D eigenvalue weighted by atomic mass is 16.5. The van der Waals surface area contributed by atoms with Gasteiger partial charge in [0.1, 0.15) is 5.75 Å². The van der Waals surface area contributed by atoms with Gasteiger partial charge in [-0.3, -0.25) is 0 Å². The van der Waals surface area contributed by atoms with Gasteiger partial charge in [-0.1, -0.05) is 12.1 Å². The van der Waals surface area contributed by atoms with Gasteiger partial charge in [-0.05, 0) is 31.5 Å². The quantitative estimate of drug-likeness (QED) is 0.772. The van der Waals surface area contributed by atoms with Crippen LogP contribution in [0.3, 0.4) is 0 Å². The molecule has 3 heteroatoms. The Morgan fingerprint density at radius 2 is 1.81 bits per heavy atom. The van der Waals surface area contributed by atoms with Crippen LogP contribution in [0.25, 0.3) is 0 Å². The summed E-state index contributed by atoms with van der Waals surface area (Å²) >= 11 is 0. The Morgan fingerprint density at radius 3 is 2.38 bits per heavy atom. The number of phenolic OH excluding ortho intramolecular Hbond substituents is 1. The summed E-state index contributed by atoms with van der Waals surface area (Å²) in [7, 11) is 0. The maximum atomic E-state index is 9.18. The van der Waals surface area contributed by atoms with E-state index in [-0.39, 0.29) is 6.10 Å². The first-order valence-electron chi connectivity index (χ1n) is 5.73. The second-order valence-corrected chi connectivity index (χ2v) is 3.61. The van der Waals surface area contributed by atoms with E-state index in [1.54, 1.807) is 12.1 Å². The molecule has 1 aromatic carbocycles. The fourth-order valence-corrected chi connectivity index (χ4v) is 1.55. The smallest absolute Gasteiger partial charge is 0.115 e. The van der Waals surface area contributed by atoms with Gasteiger partial charge in [0.2, 0.25) is 0 Å². The van der Waals surface area contributed by atoms with Crippen LogP contribution in [0, 0.1) is 0 Å². The van der Waals surface area contributed by atoms with Gasteiger partial charge in [0, 0.05) is 19.6 Å². The zero-order valence-corrected chi connectivity index (χ0v) is 9.98. The first kappa shape index (κ1) is 13.0. The van der Waals surface area contributed by atoms with Crippen molar-refractivity contribution in [1.29, 1.82) is 0 Å². The minimum absolute atomic E-state index is 0.0921. The van der Waals surface area contributed by atoms with Gasteiger partial charge in [0.05, 0.1) is 12.7 Å². The zero-order valence-electron chi connectivity index (χ0n) is 9.98. The van der Waals surface area contributed by atoms with E-state index in [0.717, 1.165) is 12.0 Å². The summed E-state index contributed by atoms with van der Waals surface area (Å²) in [5, 5.41) is 9.18. The summed E-state index contributed by atoms with van der Waals surface area (Å²) < 4.78 is 11.0. The third-order valence-corrected chi connectivity index (χ3v) is 2.31. The first-order valence-corrected chi connectivity index (χ1v) is 5.73. The molecule has 0 heterocycles. The van der Waals surface area contributed by atoms with E-state index in [9.17, 15) is 5.11 Å². The molecule has 0 saturated heterocycles. The summed E-state index contributed by atoms with van der Waals surface area (Å²) in [5.74, 6) is 0.293. The molecule has 0 aliphatic heterocycles. The van der Waals surface area contributed by atoms with E-state index in [0.29, 0.717) is 25.6 Å². The Balaban J connectivity index is 2.49. The summed E-state index contributed by atoms with van der Waals surface area (Å²) in [4.78, 5) is 0. The lowest BCUT2D eigenvalue weighted by molar-refractivity contribution is -0.00769. The molecule has 0 aliphatic rings. The van der Waals surface area contributed by atoms with Crippen molar-refractivity contribution in [2.75, 3.05) is 19.8 Å². The van der Waals surface area contributed by atoms with Crippen molar-refractivity contribution in [2.24, 2.45) is 0 Å². The van der Waals surface area contributed by atoms with Gasteiger partial charge in [-0.2, -0.15) is 0 Å². The molecule has 0 unspecified atom stereocenters. The molecule has 0 radical (unpaired) electrons. The van der Waals surface area contributed by atoms with Gasteiger partial charge in [-0.25, -0.2) is 0 Å². The summed E-state index contributed by atoms with van der Waals surface area (Å²) in [6.07, 6.45) is 0.906. The van der Waals surface area contributed by atoms with E-state index in [1.807, 2.05) is 26.0 Å². The lowest BCUT2D eigenvalue weighted by Crippen LogP contribution is -2.22. The Morgan fingerprint density at radius 1 is 1.12 bits per heavy atom. The minimum Gasteiger partial charge on any atom is -0.508 e. The molecule has 0 amide bonds. The molecule has 1 atom stereocenters. The molecule has 0 saturated carbocycles. The van der Waals surface area contributed by atoms with Crippen molar-refractivity contribution in [2.45, 2.75) is 26.4 Å². The molecular weight excluding hydrogens is 204 g/mol. The average molecular weight is 224 g/mol. The van der Waals surface area contributed by atoms with Crippen molar-refractivity contribution < 1.29 is 14.6 Å². The van der Waals surface area contributed by atoms with Gasteiger partial charge >= 0.3 is 0 Å². The normalized spacial score (nSPS) is 12.6. The molecule has 0 bridgehead atoms. The first-order chi connectivity index (χ1) is 7.76. The Kier molecular flexibility index (Phi) is 5.90. The lowest BCUT2D eigenvalue weighted by atomic mass is 10.1. The van der Waals surface area contributed by atoms with Crippen LogP contribution in [-0.2, 0) is 15.9 Å². The maximum Gasteiger partial charge on any atom is 0.115 e. The molecule has 0 spiro atoms. The van der Waals surface area contributed by atoms with Crippen LogP contribution in [0.5, 0.6) is 5.75 Å². The average Bonchev–Trinajstić information content (AvgIpc) is 2.29. The van der Waals surface area contributed by atoms with Crippen LogP contribution in [-0.4, -0.2) is 31.0 Å². The van der Waals surface area contributed by atoms with Crippen LogP contribution >= 0.6 is 0 Å². The predicted octanol–water partition coefficient (Wildman–Crippen LogP) is 2.38. The predicted molar refractivity (Wildman–Crippen MR) is 63.7 cm³/mol. The number of ether oxygens (including phenoxy) is 2. The zero-order chi connectivity index (χ0) is 11.8. The topological polar surface area (TPSA) is 38.7 Å². The number of phenols is 1. The molecule has 1 rings (SSSR count). The number of benzene rings is 1. The van der Waals surface area contributed by atoms with Gasteiger partial charge in [0.15, 0.2) is 0 Å². The SMILES string of the molecule is CCOC[C@H](Cc1ccc(O)cc1)OCC. The second kappa shape index (κ2) is 7.25. The molecule has 16 heavy (non-hydrogen) atoms. The van der Waals surface area contributed by atoms with Crippen LogP contribution in [0.4, 0.5) is 0 Å². The molecule has 3 nitrogen and oxygen atoms in total. The van der Waals surface area contributed by atoms with Crippen LogP contribution in [0.1, 0.15) is 19.4 Å². The van der Waals surface area contributed by atoms with Crippen molar-refractivity contribution in [3.63, 3.8) is 0 Å². The third-order valence-electron chi connectivity index (χ3n) is 2.31. The van der Waals surface area contributed by atoms with Crippen LogP contribution < -0.4 is 0 Å². The Hall–Kier alpha value is -1.06. The van der Waals surface area contributed by atoms with E-state index < -0.39 is 0 Å². The third kappa shape index (κ3) is 4.64. The van der Waals surface area contributed by atoms with E-state index in [1.165, 1.54) is 0 Å². The molecular formula is C13H20O3. The molecule has 0 fully saturated rings. The Labute approximate surface area is 97.0 Å². The molecule has 90 valence electrons. The molecule has 1 aromatic rings. The minimum atomic E-state index is 0.0921. The number of hydrogen-bond donors (Lipinski definition) is 1. The highest BCUT2D eigenvalue weighted by Crippen LogP contribution is 2.12. The standard InChI is InChI=1S/C13H20O3/c1-3-15-10-13(16-4-2)9-11-5-7-12(14)8-6-11/h5-8,13-14H,3-4,9-10H2,1-2H3/t13-/m0/s1. The lowest BCUT2D eigenvalue weighted by Gasteiger charge is -2.16. The van der Waals surface area contributed by atoms with Crippen molar-refractivity contribution in [1.82, 2.24) is 0 Å². The Bertz CT molecular complexity index is 282. The van der Waals surface area contributed by atoms with Crippen molar-refractivity contribution >= 4 is 0 Å². The highest BCUT2D eigenvalue weighted by Gasteiger charge is 2.09. The van der Waals surface area contributed by atoms with E-state index in [4.69, 9.17) is 9.47 Å². The highest BCUT2D eigenvalue weighted by molar-refractivity contribution is 5.26. The van der Waals surface area contributed by atoms with Crippen LogP contribution in [0.15, 0.2) is 24.3 Å². The number of hydrogen-bond acceptors (Lipinski definition) is 3. The largest absolute Gasteiger partial charge is 0.508 e. The van der Waals surface area contributed by atoms with Crippen molar-refractivity contribution in [3.05, 3.63) is 29.8 Å². The van der Waals surface area contributed by atoms with Gasteiger partial charge in [-0.15, -0.1) is 0 Å². The van der Waals surface area contributed by atoms with Gasteiger partial charge in [0.25, 0.3) is 0 Å². The summed E-state index contributed by atoms with van der Waals surface area (Å²) in [6, 6.07) is 7.21. The molecule has 1 N–H and O–H groups in total. The van der Waals surface area contributed by atoms with Crippen molar-refractivity contribution in [3.8, 4) is 5.75 Å². The summed E-state index contributed by atoms with van der Waals surface area (Å²) in [5.41, 5.74) is 1.15. The second-order valence-electron chi connectivity index (χ2n) is 3.61. The number of aromatic hydroxyl groups is 1. The fraction of sp³-hybridized carbons (Fsp3) is 0.538. The van der Waals surface area contributed by atoms with E-state index in [2.05, 4.69) is 0 Å². The van der Waals surface area contributed by atoms with Crippen LogP contribution in [0.2, 0.25) is 0 Å². The molecule has 0 aromatic heterocycles. The number of rotatable bonds is 7. The van der Waals surface area contributed by atoms with Gasteiger partial charge < -0.3 is 14.6 Å².